The number of hydrogen-bond acceptors (Lipinski definition) is 0. The molecule has 0 aliphatic heterocycles. The topological polar surface area (TPSA) is 0 Å². The molecule has 3 heteroatoms. The quantitative estimate of drug-likeness (QED) is 0.575. The Morgan fingerprint density at radius 2 is 2.33 bits per heavy atom. The third-order valence-corrected chi connectivity index (χ3v) is 1.54. The molecule has 0 N–H and O–H groups in total. The van der Waals surface area contributed by atoms with Crippen molar-refractivity contribution in [2.75, 3.05) is 0 Å². The smallest absolute Gasteiger partial charge is 0.149 e. The van der Waals surface area contributed by atoms with Crippen molar-refractivity contribution < 1.29 is 4.39 Å². The lowest BCUT2D eigenvalue weighted by atomic mass is 10.3. The molecule has 47 valence electrons. The van der Waals surface area contributed by atoms with Crippen molar-refractivity contribution in [1.82, 2.24) is 0 Å². The van der Waals surface area contributed by atoms with Gasteiger partial charge in [0.1, 0.15) is 5.82 Å². The van der Waals surface area contributed by atoms with E-state index in [9.17, 15) is 4.39 Å². The van der Waals surface area contributed by atoms with Crippen LogP contribution >= 0.6 is 27.5 Å². The van der Waals surface area contributed by atoms with Crippen LogP contribution in [0.2, 0.25) is 5.02 Å². The molecule has 0 saturated heterocycles. The van der Waals surface area contributed by atoms with Gasteiger partial charge in [-0.3, -0.25) is 0 Å². The summed E-state index contributed by atoms with van der Waals surface area (Å²) in [6.07, 6.45) is 0. The highest BCUT2D eigenvalue weighted by atomic mass is 79.9. The molecule has 0 saturated carbocycles. The average Bonchev–Trinajstić information content (AvgIpc) is 1.80. The highest BCUT2D eigenvalue weighted by Gasteiger charge is 1.97. The molecule has 1 aromatic carbocycles. The van der Waals surface area contributed by atoms with Crippen LogP contribution in [0.4, 0.5) is 4.39 Å². The number of hydrogen-bond donors (Lipinski definition) is 0. The molecule has 0 aliphatic rings. The summed E-state index contributed by atoms with van der Waals surface area (Å²) in [7, 11) is 0. The van der Waals surface area contributed by atoms with Crippen molar-refractivity contribution in [1.29, 1.82) is 0 Å². The van der Waals surface area contributed by atoms with Crippen LogP contribution in [0.25, 0.3) is 0 Å². The molecule has 0 nitrogen and oxygen atoms in total. The molecule has 0 amide bonds. The van der Waals surface area contributed by atoms with E-state index in [0.29, 0.717) is 0 Å². The predicted octanol–water partition coefficient (Wildman–Crippen LogP) is 3.04. The Kier molecular flexibility index (Phi) is 2.09. The minimum atomic E-state index is -0.514. The Labute approximate surface area is 65.8 Å². The van der Waals surface area contributed by atoms with Crippen molar-refractivity contribution in [2.45, 2.75) is 0 Å². The SMILES string of the molecule is Fc1[c]cc(Br)cc1Cl. The van der Waals surface area contributed by atoms with E-state index in [1.807, 2.05) is 0 Å². The second-order valence-corrected chi connectivity index (χ2v) is 2.80. The molecule has 0 heterocycles. The fraction of sp³-hybridized carbons (Fsp3) is 0. The summed E-state index contributed by atoms with van der Waals surface area (Å²) in [5.74, 6) is -0.514. The van der Waals surface area contributed by atoms with Crippen molar-refractivity contribution in [2.24, 2.45) is 0 Å². The fourth-order valence-corrected chi connectivity index (χ4v) is 1.07. The summed E-state index contributed by atoms with van der Waals surface area (Å²) in [6, 6.07) is 5.28. The Balaban J connectivity index is 3.17. The van der Waals surface area contributed by atoms with Crippen molar-refractivity contribution >= 4 is 27.5 Å². The summed E-state index contributed by atoms with van der Waals surface area (Å²) in [5, 5.41) is 0.0874. The number of halogens is 3. The maximum Gasteiger partial charge on any atom is 0.149 e. The first-order valence-corrected chi connectivity index (χ1v) is 3.39. The minimum Gasteiger partial charge on any atom is -0.205 e. The molecule has 9 heavy (non-hydrogen) atoms. The Morgan fingerprint density at radius 1 is 1.67 bits per heavy atom. The van der Waals surface area contributed by atoms with Crippen molar-refractivity contribution in [3.05, 3.63) is 33.5 Å². The molecule has 0 spiro atoms. The first-order valence-electron chi connectivity index (χ1n) is 2.22. The van der Waals surface area contributed by atoms with Crippen LogP contribution in [0, 0.1) is 11.9 Å². The summed E-state index contributed by atoms with van der Waals surface area (Å²) >= 11 is 8.49. The van der Waals surface area contributed by atoms with Crippen molar-refractivity contribution in [3.8, 4) is 0 Å². The molecule has 1 rings (SSSR count). The van der Waals surface area contributed by atoms with Crippen LogP contribution < -0.4 is 0 Å². The van der Waals surface area contributed by atoms with Gasteiger partial charge in [0.2, 0.25) is 0 Å². The highest BCUT2D eigenvalue weighted by molar-refractivity contribution is 9.10. The van der Waals surface area contributed by atoms with Gasteiger partial charge in [-0.15, -0.1) is 0 Å². The average molecular weight is 208 g/mol. The second-order valence-electron chi connectivity index (χ2n) is 1.48. The van der Waals surface area contributed by atoms with E-state index in [2.05, 4.69) is 22.0 Å². The molecule has 1 aromatic rings. The zero-order valence-electron chi connectivity index (χ0n) is 4.29. The Morgan fingerprint density at radius 3 is 2.78 bits per heavy atom. The van der Waals surface area contributed by atoms with E-state index >= 15 is 0 Å². The highest BCUT2D eigenvalue weighted by Crippen LogP contribution is 2.18. The lowest BCUT2D eigenvalue weighted by molar-refractivity contribution is 0.625. The zero-order valence-corrected chi connectivity index (χ0v) is 6.63. The molecule has 0 aliphatic carbocycles. The normalized spacial score (nSPS) is 9.67. The maximum absolute atomic E-state index is 12.3. The lowest BCUT2D eigenvalue weighted by Crippen LogP contribution is -1.74. The second kappa shape index (κ2) is 2.67. The van der Waals surface area contributed by atoms with Crippen molar-refractivity contribution in [3.63, 3.8) is 0 Å². The third kappa shape index (κ3) is 1.66. The van der Waals surface area contributed by atoms with Gasteiger partial charge >= 0.3 is 0 Å². The maximum atomic E-state index is 12.3. The molecule has 0 fully saturated rings. The number of rotatable bonds is 0. The molecular formula is C6H2BrClF. The fourth-order valence-electron chi connectivity index (χ4n) is 0.427. The van der Waals surface area contributed by atoms with E-state index in [4.69, 9.17) is 11.6 Å². The Bertz CT molecular complexity index is 224. The largest absolute Gasteiger partial charge is 0.205 e. The van der Waals surface area contributed by atoms with Gasteiger partial charge in [-0.25, -0.2) is 4.39 Å². The van der Waals surface area contributed by atoms with E-state index in [0.717, 1.165) is 4.47 Å². The summed E-state index contributed by atoms with van der Waals surface area (Å²) in [4.78, 5) is 0. The molecule has 0 atom stereocenters. The zero-order chi connectivity index (χ0) is 6.85. The molecule has 0 aromatic heterocycles. The van der Waals surface area contributed by atoms with Gasteiger partial charge < -0.3 is 0 Å². The number of benzene rings is 1. The van der Waals surface area contributed by atoms with E-state index in [1.54, 1.807) is 0 Å². The molecule has 0 unspecified atom stereocenters. The summed E-state index contributed by atoms with van der Waals surface area (Å²) in [5.41, 5.74) is 0. The summed E-state index contributed by atoms with van der Waals surface area (Å²) in [6.45, 7) is 0. The minimum absolute atomic E-state index is 0.0874. The molecule has 0 bridgehead atoms. The van der Waals surface area contributed by atoms with E-state index < -0.39 is 5.82 Å². The van der Waals surface area contributed by atoms with Gasteiger partial charge in [0.05, 0.1) is 5.02 Å². The van der Waals surface area contributed by atoms with Crippen LogP contribution in [0.1, 0.15) is 0 Å². The van der Waals surface area contributed by atoms with Gasteiger partial charge in [0.25, 0.3) is 0 Å². The van der Waals surface area contributed by atoms with Crippen LogP contribution in [0.15, 0.2) is 16.6 Å². The van der Waals surface area contributed by atoms with Crippen LogP contribution in [0.5, 0.6) is 0 Å². The van der Waals surface area contributed by atoms with Gasteiger partial charge in [-0.05, 0) is 12.1 Å². The van der Waals surface area contributed by atoms with E-state index in [-0.39, 0.29) is 5.02 Å². The van der Waals surface area contributed by atoms with Gasteiger partial charge in [0.15, 0.2) is 0 Å². The summed E-state index contributed by atoms with van der Waals surface area (Å²) < 4.78 is 13.0. The van der Waals surface area contributed by atoms with Crippen LogP contribution in [0.3, 0.4) is 0 Å². The third-order valence-electron chi connectivity index (χ3n) is 0.811. The lowest BCUT2D eigenvalue weighted by Gasteiger charge is -1.91. The standard InChI is InChI=1S/C6H2BrClF/c7-4-1-2-6(9)5(8)3-4/h1,3H. The van der Waals surface area contributed by atoms with Gasteiger partial charge in [-0.1, -0.05) is 27.5 Å². The molecular weight excluding hydrogens is 206 g/mol. The first kappa shape index (κ1) is 7.03. The van der Waals surface area contributed by atoms with E-state index in [1.165, 1.54) is 12.1 Å². The monoisotopic (exact) mass is 207 g/mol. The predicted molar refractivity (Wildman–Crippen MR) is 37.9 cm³/mol. The van der Waals surface area contributed by atoms with Gasteiger partial charge in [0, 0.05) is 10.5 Å². The molecule has 1 radical (unpaired) electrons. The van der Waals surface area contributed by atoms with Crippen LogP contribution in [-0.4, -0.2) is 0 Å². The Hall–Kier alpha value is -0.0800. The first-order chi connectivity index (χ1) is 4.20. The van der Waals surface area contributed by atoms with Gasteiger partial charge in [-0.2, -0.15) is 0 Å². The van der Waals surface area contributed by atoms with Crippen LogP contribution in [-0.2, 0) is 0 Å².